The lowest BCUT2D eigenvalue weighted by molar-refractivity contribution is -0.122. The molecule has 0 spiro atoms. The van der Waals surface area contributed by atoms with E-state index in [0.717, 1.165) is 11.9 Å². The third-order valence-corrected chi connectivity index (χ3v) is 3.43. The molecule has 120 valence electrons. The number of imidazole rings is 1. The van der Waals surface area contributed by atoms with E-state index >= 15 is 0 Å². The molecule has 1 amide bonds. The lowest BCUT2D eigenvalue weighted by Crippen LogP contribution is -2.39. The SMILES string of the molecule is CCCN(CC(N)=O)CC(=O)C(C#N)c1nc2ccccc2[nH]1. The zero-order chi connectivity index (χ0) is 16.8. The van der Waals surface area contributed by atoms with Gasteiger partial charge in [-0.1, -0.05) is 19.1 Å². The van der Waals surface area contributed by atoms with Crippen molar-refractivity contribution in [2.75, 3.05) is 19.6 Å². The number of nitriles is 1. The lowest BCUT2D eigenvalue weighted by Gasteiger charge is -2.19. The second-order valence-corrected chi connectivity index (χ2v) is 5.34. The number of nitrogens with zero attached hydrogens (tertiary/aromatic N) is 3. The number of Topliss-reactive ketones (excluding diaryl/α,β-unsaturated/α-hetero) is 1. The highest BCUT2D eigenvalue weighted by molar-refractivity contribution is 5.90. The summed E-state index contributed by atoms with van der Waals surface area (Å²) in [6.45, 7) is 2.50. The molecule has 0 saturated carbocycles. The quantitative estimate of drug-likeness (QED) is 0.752. The number of H-pyrrole nitrogens is 1. The van der Waals surface area contributed by atoms with E-state index in [9.17, 15) is 14.9 Å². The predicted molar refractivity (Wildman–Crippen MR) is 85.4 cm³/mol. The maximum absolute atomic E-state index is 12.4. The molecular formula is C16H19N5O2. The first kappa shape index (κ1) is 16.6. The number of aromatic nitrogens is 2. The van der Waals surface area contributed by atoms with Crippen molar-refractivity contribution in [2.24, 2.45) is 5.73 Å². The fraction of sp³-hybridized carbons (Fsp3) is 0.375. The standard InChI is InChI=1S/C16H19N5O2/c1-2-7-21(10-15(18)23)9-14(22)11(8-17)16-19-12-5-3-4-6-13(12)20-16/h3-6,11H,2,7,9-10H2,1H3,(H2,18,23)(H,19,20). The molecule has 23 heavy (non-hydrogen) atoms. The van der Waals surface area contributed by atoms with E-state index in [-0.39, 0.29) is 18.9 Å². The Kier molecular flexibility index (Phi) is 5.44. The number of rotatable bonds is 8. The second kappa shape index (κ2) is 7.51. The number of hydrogen-bond donors (Lipinski definition) is 2. The molecule has 7 nitrogen and oxygen atoms in total. The van der Waals surface area contributed by atoms with Gasteiger partial charge in [-0.3, -0.25) is 14.5 Å². The first-order valence-corrected chi connectivity index (χ1v) is 7.42. The van der Waals surface area contributed by atoms with Crippen molar-refractivity contribution in [3.05, 3.63) is 30.1 Å². The lowest BCUT2D eigenvalue weighted by atomic mass is 10.0. The molecule has 0 radical (unpaired) electrons. The van der Waals surface area contributed by atoms with Crippen LogP contribution in [0.3, 0.4) is 0 Å². The minimum Gasteiger partial charge on any atom is -0.369 e. The summed E-state index contributed by atoms with van der Waals surface area (Å²) >= 11 is 0. The predicted octanol–water partition coefficient (Wildman–Crippen LogP) is 0.936. The van der Waals surface area contributed by atoms with Crippen molar-refractivity contribution < 1.29 is 9.59 Å². The Morgan fingerprint density at radius 3 is 2.74 bits per heavy atom. The Balaban J connectivity index is 2.17. The van der Waals surface area contributed by atoms with Crippen molar-refractivity contribution in [1.82, 2.24) is 14.9 Å². The van der Waals surface area contributed by atoms with Gasteiger partial charge in [0.2, 0.25) is 5.91 Å². The number of hydrogen-bond acceptors (Lipinski definition) is 5. The maximum atomic E-state index is 12.4. The van der Waals surface area contributed by atoms with Crippen LogP contribution in [0, 0.1) is 11.3 Å². The Labute approximate surface area is 134 Å². The van der Waals surface area contributed by atoms with E-state index < -0.39 is 11.8 Å². The van der Waals surface area contributed by atoms with Crippen molar-refractivity contribution in [2.45, 2.75) is 19.3 Å². The largest absolute Gasteiger partial charge is 0.369 e. The number of fused-ring (bicyclic) bond motifs is 1. The fourth-order valence-electron chi connectivity index (χ4n) is 2.46. The van der Waals surface area contributed by atoms with Crippen molar-refractivity contribution in [3.63, 3.8) is 0 Å². The van der Waals surface area contributed by atoms with Gasteiger partial charge in [-0.15, -0.1) is 0 Å². The summed E-state index contributed by atoms with van der Waals surface area (Å²) in [5, 5.41) is 9.36. The number of para-hydroxylation sites is 2. The van der Waals surface area contributed by atoms with Gasteiger partial charge in [-0.2, -0.15) is 5.26 Å². The van der Waals surface area contributed by atoms with E-state index in [2.05, 4.69) is 9.97 Å². The molecule has 1 heterocycles. The minimum atomic E-state index is -0.991. The first-order valence-electron chi connectivity index (χ1n) is 7.42. The highest BCUT2D eigenvalue weighted by Crippen LogP contribution is 2.18. The number of nitrogens with one attached hydrogen (secondary N) is 1. The molecule has 7 heteroatoms. The van der Waals surface area contributed by atoms with Crippen LogP contribution >= 0.6 is 0 Å². The van der Waals surface area contributed by atoms with Crippen molar-refractivity contribution in [1.29, 1.82) is 5.26 Å². The van der Waals surface area contributed by atoms with Crippen LogP contribution in [0.1, 0.15) is 25.1 Å². The molecule has 1 aromatic carbocycles. The average molecular weight is 313 g/mol. The van der Waals surface area contributed by atoms with Crippen molar-refractivity contribution in [3.8, 4) is 6.07 Å². The van der Waals surface area contributed by atoms with Gasteiger partial charge in [0.05, 0.1) is 30.2 Å². The van der Waals surface area contributed by atoms with Crippen LogP contribution in [0.4, 0.5) is 0 Å². The Bertz CT molecular complexity index is 713. The summed E-state index contributed by atoms with van der Waals surface area (Å²) < 4.78 is 0. The van der Waals surface area contributed by atoms with Crippen LogP contribution in [-0.2, 0) is 9.59 Å². The second-order valence-electron chi connectivity index (χ2n) is 5.34. The molecule has 1 atom stereocenters. The molecule has 2 aromatic rings. The molecule has 0 aliphatic carbocycles. The number of ketones is 1. The number of carbonyl (C=O) groups excluding carboxylic acids is 2. The average Bonchev–Trinajstić information content (AvgIpc) is 2.90. The Morgan fingerprint density at radius 2 is 2.13 bits per heavy atom. The molecule has 0 fully saturated rings. The zero-order valence-electron chi connectivity index (χ0n) is 13.0. The van der Waals surface area contributed by atoms with Crippen LogP contribution in [-0.4, -0.2) is 46.2 Å². The van der Waals surface area contributed by atoms with Crippen LogP contribution in [0.25, 0.3) is 11.0 Å². The molecule has 1 aromatic heterocycles. The Morgan fingerprint density at radius 1 is 1.39 bits per heavy atom. The molecule has 0 aliphatic rings. The molecule has 0 aliphatic heterocycles. The third-order valence-electron chi connectivity index (χ3n) is 3.43. The van der Waals surface area contributed by atoms with Crippen LogP contribution < -0.4 is 5.73 Å². The molecule has 2 rings (SSSR count). The molecule has 1 unspecified atom stereocenters. The van der Waals surface area contributed by atoms with E-state index in [0.29, 0.717) is 17.9 Å². The normalized spacial score (nSPS) is 12.2. The smallest absolute Gasteiger partial charge is 0.231 e. The van der Waals surface area contributed by atoms with Crippen LogP contribution in [0.5, 0.6) is 0 Å². The van der Waals surface area contributed by atoms with E-state index in [1.807, 2.05) is 37.3 Å². The summed E-state index contributed by atoms with van der Waals surface area (Å²) in [6, 6.07) is 9.33. The van der Waals surface area contributed by atoms with Gasteiger partial charge in [-0.25, -0.2) is 4.98 Å². The highest BCUT2D eigenvalue weighted by Gasteiger charge is 2.25. The molecular weight excluding hydrogens is 294 g/mol. The maximum Gasteiger partial charge on any atom is 0.231 e. The van der Waals surface area contributed by atoms with E-state index in [1.165, 1.54) is 0 Å². The zero-order valence-corrected chi connectivity index (χ0v) is 13.0. The summed E-state index contributed by atoms with van der Waals surface area (Å²) in [7, 11) is 0. The van der Waals surface area contributed by atoms with Gasteiger partial charge < -0.3 is 10.7 Å². The minimum absolute atomic E-state index is 0.00212. The van der Waals surface area contributed by atoms with Gasteiger partial charge in [0.15, 0.2) is 11.7 Å². The summed E-state index contributed by atoms with van der Waals surface area (Å²) in [5.74, 6) is -1.46. The van der Waals surface area contributed by atoms with E-state index in [1.54, 1.807) is 4.90 Å². The number of amides is 1. The fourth-order valence-corrected chi connectivity index (χ4v) is 2.46. The monoisotopic (exact) mass is 313 g/mol. The third kappa shape index (κ3) is 4.14. The number of nitrogens with two attached hydrogens (primary N) is 1. The van der Waals surface area contributed by atoms with Gasteiger partial charge in [0.1, 0.15) is 5.82 Å². The molecule has 3 N–H and O–H groups in total. The Hall–Kier alpha value is -2.72. The first-order chi connectivity index (χ1) is 11.0. The molecule has 0 saturated heterocycles. The number of benzene rings is 1. The van der Waals surface area contributed by atoms with E-state index in [4.69, 9.17) is 5.73 Å². The molecule has 0 bridgehead atoms. The number of primary amides is 1. The summed E-state index contributed by atoms with van der Waals surface area (Å²) in [5.41, 5.74) is 6.68. The van der Waals surface area contributed by atoms with Gasteiger partial charge in [-0.05, 0) is 25.1 Å². The topological polar surface area (TPSA) is 116 Å². The van der Waals surface area contributed by atoms with Crippen molar-refractivity contribution >= 4 is 22.7 Å². The number of carbonyl (C=O) groups is 2. The summed E-state index contributed by atoms with van der Waals surface area (Å²) in [6.07, 6.45) is 0.780. The van der Waals surface area contributed by atoms with Gasteiger partial charge in [0.25, 0.3) is 0 Å². The van der Waals surface area contributed by atoms with Gasteiger partial charge in [0, 0.05) is 0 Å². The highest BCUT2D eigenvalue weighted by atomic mass is 16.1. The number of aromatic amines is 1. The van der Waals surface area contributed by atoms with Crippen LogP contribution in [0.15, 0.2) is 24.3 Å². The van der Waals surface area contributed by atoms with Crippen LogP contribution in [0.2, 0.25) is 0 Å². The van der Waals surface area contributed by atoms with Gasteiger partial charge >= 0.3 is 0 Å². The summed E-state index contributed by atoms with van der Waals surface area (Å²) in [4.78, 5) is 32.5.